The van der Waals surface area contributed by atoms with Gasteiger partial charge in [0.15, 0.2) is 5.13 Å². The van der Waals surface area contributed by atoms with Gasteiger partial charge in [0.2, 0.25) is 0 Å². The van der Waals surface area contributed by atoms with Gasteiger partial charge in [0, 0.05) is 46.5 Å². The Morgan fingerprint density at radius 3 is 2.64 bits per heavy atom. The lowest BCUT2D eigenvalue weighted by Gasteiger charge is -2.07. The SMILES string of the molecule is CCn1cc(/C=C(\C#N)C(=O)Nc2ccc(S(=O)(=O)Nc3nccs3)cc2)c2ccccc21. The Kier molecular flexibility index (Phi) is 6.26. The zero-order valence-electron chi connectivity index (χ0n) is 17.5. The molecule has 4 rings (SSSR count). The lowest BCUT2D eigenvalue weighted by Crippen LogP contribution is -2.15. The van der Waals surface area contributed by atoms with Crippen molar-refractivity contribution in [1.82, 2.24) is 9.55 Å². The molecule has 10 heteroatoms. The highest BCUT2D eigenvalue weighted by molar-refractivity contribution is 7.93. The summed E-state index contributed by atoms with van der Waals surface area (Å²) < 4.78 is 29.3. The highest BCUT2D eigenvalue weighted by Gasteiger charge is 2.16. The van der Waals surface area contributed by atoms with Gasteiger partial charge in [0.25, 0.3) is 15.9 Å². The van der Waals surface area contributed by atoms with Crippen molar-refractivity contribution >= 4 is 55.1 Å². The molecule has 0 saturated carbocycles. The van der Waals surface area contributed by atoms with Crippen molar-refractivity contribution in [2.24, 2.45) is 0 Å². The molecule has 2 aromatic heterocycles. The van der Waals surface area contributed by atoms with Crippen LogP contribution in [-0.4, -0.2) is 23.9 Å². The first-order valence-electron chi connectivity index (χ1n) is 9.94. The van der Waals surface area contributed by atoms with Gasteiger partial charge in [0.05, 0.1) is 4.90 Å². The van der Waals surface area contributed by atoms with Gasteiger partial charge in [-0.1, -0.05) is 18.2 Å². The molecule has 0 unspecified atom stereocenters. The fourth-order valence-electron chi connectivity index (χ4n) is 3.32. The molecule has 4 aromatic rings. The van der Waals surface area contributed by atoms with Crippen LogP contribution in [0.3, 0.4) is 0 Å². The minimum absolute atomic E-state index is 0.0270. The van der Waals surface area contributed by atoms with Crippen LogP contribution in [0.2, 0.25) is 0 Å². The molecular formula is C23H19N5O3S2. The van der Waals surface area contributed by atoms with E-state index in [-0.39, 0.29) is 15.6 Å². The maximum absolute atomic E-state index is 12.7. The number of aromatic nitrogens is 2. The number of carbonyl (C=O) groups is 1. The summed E-state index contributed by atoms with van der Waals surface area (Å²) in [6, 6.07) is 15.4. The molecule has 0 bridgehead atoms. The number of fused-ring (bicyclic) bond motifs is 1. The molecule has 0 aliphatic carbocycles. The summed E-state index contributed by atoms with van der Waals surface area (Å²) in [7, 11) is -3.79. The Hall–Kier alpha value is -3.94. The number of sulfonamides is 1. The first-order chi connectivity index (χ1) is 15.9. The van der Waals surface area contributed by atoms with E-state index in [1.54, 1.807) is 11.5 Å². The number of anilines is 2. The number of nitrogens with one attached hydrogen (secondary N) is 2. The molecule has 0 atom stereocenters. The van der Waals surface area contributed by atoms with Crippen molar-refractivity contribution in [2.75, 3.05) is 10.0 Å². The van der Waals surface area contributed by atoms with E-state index in [0.29, 0.717) is 5.69 Å². The van der Waals surface area contributed by atoms with Crippen LogP contribution in [0.25, 0.3) is 17.0 Å². The van der Waals surface area contributed by atoms with Crippen LogP contribution in [-0.2, 0) is 21.4 Å². The maximum Gasteiger partial charge on any atom is 0.266 e. The summed E-state index contributed by atoms with van der Waals surface area (Å²) >= 11 is 1.17. The molecule has 0 saturated heterocycles. The Bertz CT molecular complexity index is 1480. The second-order valence-electron chi connectivity index (χ2n) is 6.98. The van der Waals surface area contributed by atoms with E-state index < -0.39 is 15.9 Å². The number of carbonyl (C=O) groups excluding carboxylic acids is 1. The molecule has 166 valence electrons. The monoisotopic (exact) mass is 477 g/mol. The first kappa shape index (κ1) is 22.3. The van der Waals surface area contributed by atoms with E-state index in [9.17, 15) is 18.5 Å². The second kappa shape index (κ2) is 9.28. The standard InChI is InChI=1S/C23H19N5O3S2/c1-2-28-15-17(20-5-3-4-6-21(20)28)13-16(14-24)22(29)26-18-7-9-19(10-8-18)33(30,31)27-23-25-11-12-32-23/h3-13,15H,2H2,1H3,(H,25,27)(H,26,29)/b16-13+. The van der Waals surface area contributed by atoms with Gasteiger partial charge in [0.1, 0.15) is 11.6 Å². The number of benzene rings is 2. The molecule has 1 amide bonds. The number of aryl methyl sites for hydroxylation is 1. The maximum atomic E-state index is 12.7. The van der Waals surface area contributed by atoms with Crippen LogP contribution in [0, 0.1) is 11.3 Å². The molecule has 0 radical (unpaired) electrons. The molecule has 2 aromatic carbocycles. The quantitative estimate of drug-likeness (QED) is 0.301. The molecular weight excluding hydrogens is 458 g/mol. The Morgan fingerprint density at radius 1 is 1.21 bits per heavy atom. The number of hydrogen-bond donors (Lipinski definition) is 2. The van der Waals surface area contributed by atoms with Crippen LogP contribution >= 0.6 is 11.3 Å². The van der Waals surface area contributed by atoms with E-state index in [2.05, 4.69) is 15.0 Å². The lowest BCUT2D eigenvalue weighted by atomic mass is 10.1. The number of rotatable bonds is 7. The fourth-order valence-corrected chi connectivity index (χ4v) is 5.11. The van der Waals surface area contributed by atoms with Crippen molar-refractivity contribution in [3.8, 4) is 6.07 Å². The van der Waals surface area contributed by atoms with Gasteiger partial charge in [-0.25, -0.2) is 13.4 Å². The molecule has 33 heavy (non-hydrogen) atoms. The molecule has 0 spiro atoms. The normalized spacial score (nSPS) is 11.8. The largest absolute Gasteiger partial charge is 0.347 e. The predicted octanol–water partition coefficient (Wildman–Crippen LogP) is 4.46. The van der Waals surface area contributed by atoms with Gasteiger partial charge in [-0.2, -0.15) is 5.26 Å². The van der Waals surface area contributed by atoms with Gasteiger partial charge in [-0.05, 0) is 43.3 Å². The summed E-state index contributed by atoms with van der Waals surface area (Å²) in [5, 5.41) is 15.1. The highest BCUT2D eigenvalue weighted by Crippen LogP contribution is 2.24. The summed E-state index contributed by atoms with van der Waals surface area (Å²) in [4.78, 5) is 16.6. The molecule has 2 N–H and O–H groups in total. The number of hydrogen-bond acceptors (Lipinski definition) is 6. The van der Waals surface area contributed by atoms with Crippen LogP contribution in [0.5, 0.6) is 0 Å². The Morgan fingerprint density at radius 2 is 1.97 bits per heavy atom. The Balaban J connectivity index is 1.53. The van der Waals surface area contributed by atoms with Gasteiger partial charge in [-0.3, -0.25) is 9.52 Å². The van der Waals surface area contributed by atoms with Crippen molar-refractivity contribution in [3.05, 3.63) is 77.4 Å². The zero-order chi connectivity index (χ0) is 23.4. The third-order valence-corrected chi connectivity index (χ3v) is 7.07. The topological polar surface area (TPSA) is 117 Å². The number of amides is 1. The van der Waals surface area contributed by atoms with Crippen LogP contribution < -0.4 is 10.0 Å². The minimum atomic E-state index is -3.79. The number of nitriles is 1. The summed E-state index contributed by atoms with van der Waals surface area (Å²) in [5.74, 6) is -0.581. The average molecular weight is 478 g/mol. The van der Waals surface area contributed by atoms with E-state index >= 15 is 0 Å². The zero-order valence-corrected chi connectivity index (χ0v) is 19.2. The van der Waals surface area contributed by atoms with Gasteiger partial charge < -0.3 is 9.88 Å². The molecule has 0 aliphatic rings. The van der Waals surface area contributed by atoms with Crippen LogP contribution in [0.1, 0.15) is 12.5 Å². The first-order valence-corrected chi connectivity index (χ1v) is 12.3. The van der Waals surface area contributed by atoms with Crippen LogP contribution in [0.15, 0.2) is 76.8 Å². The van der Waals surface area contributed by atoms with E-state index in [1.165, 1.54) is 41.8 Å². The predicted molar refractivity (Wildman–Crippen MR) is 129 cm³/mol. The van der Waals surface area contributed by atoms with Crippen LogP contribution in [0.4, 0.5) is 10.8 Å². The number of nitrogens with zero attached hydrogens (tertiary/aromatic N) is 3. The summed E-state index contributed by atoms with van der Waals surface area (Å²) in [6.45, 7) is 2.78. The molecule has 0 fully saturated rings. The van der Waals surface area contributed by atoms with Gasteiger partial charge in [-0.15, -0.1) is 11.3 Å². The van der Waals surface area contributed by atoms with E-state index in [1.807, 2.05) is 48.0 Å². The van der Waals surface area contributed by atoms with Gasteiger partial charge >= 0.3 is 0 Å². The van der Waals surface area contributed by atoms with Crippen molar-refractivity contribution < 1.29 is 13.2 Å². The highest BCUT2D eigenvalue weighted by atomic mass is 32.2. The van der Waals surface area contributed by atoms with Crippen molar-refractivity contribution in [2.45, 2.75) is 18.4 Å². The smallest absolute Gasteiger partial charge is 0.266 e. The minimum Gasteiger partial charge on any atom is -0.347 e. The van der Waals surface area contributed by atoms with Crippen molar-refractivity contribution in [1.29, 1.82) is 5.26 Å². The fraction of sp³-hybridized carbons (Fsp3) is 0.0870. The van der Waals surface area contributed by atoms with Crippen molar-refractivity contribution in [3.63, 3.8) is 0 Å². The molecule has 8 nitrogen and oxygen atoms in total. The van der Waals surface area contributed by atoms with E-state index in [0.717, 1.165) is 23.0 Å². The number of thiazole rings is 1. The third kappa shape index (κ3) is 4.79. The summed E-state index contributed by atoms with van der Waals surface area (Å²) in [6.07, 6.45) is 4.96. The molecule has 0 aliphatic heterocycles. The number of para-hydroxylation sites is 1. The molecule has 2 heterocycles. The lowest BCUT2D eigenvalue weighted by molar-refractivity contribution is -0.112. The third-order valence-electron chi connectivity index (χ3n) is 4.90. The average Bonchev–Trinajstić information content (AvgIpc) is 3.45. The second-order valence-corrected chi connectivity index (χ2v) is 9.56. The Labute approximate surface area is 194 Å². The van der Waals surface area contributed by atoms with E-state index in [4.69, 9.17) is 0 Å². The summed E-state index contributed by atoms with van der Waals surface area (Å²) in [5.41, 5.74) is 2.10.